The van der Waals surface area contributed by atoms with Crippen LogP contribution in [0.5, 0.6) is 0 Å². The second kappa shape index (κ2) is 13.7. The van der Waals surface area contributed by atoms with Gasteiger partial charge < -0.3 is 4.74 Å². The Morgan fingerprint density at radius 1 is 1.16 bits per heavy atom. The molecule has 5 heteroatoms. The Kier molecular flexibility index (Phi) is 11.4. The maximum absolute atomic E-state index is 14.7. The maximum Gasteiger partial charge on any atom is 0.274 e. The number of rotatable bonds is 13. The normalized spacial score (nSPS) is 16.3. The Labute approximate surface area is 199 Å². The predicted octanol–water partition coefficient (Wildman–Crippen LogP) is 8.86. The molecule has 2 unspecified atom stereocenters. The third-order valence-corrected chi connectivity index (χ3v) is 6.76. The van der Waals surface area contributed by atoms with E-state index in [-0.39, 0.29) is 11.9 Å². The summed E-state index contributed by atoms with van der Waals surface area (Å²) in [4.78, 5) is 0. The van der Waals surface area contributed by atoms with Gasteiger partial charge in [-0.3, -0.25) is 0 Å². The van der Waals surface area contributed by atoms with Crippen LogP contribution in [0.4, 0.5) is 4.39 Å². The third-order valence-electron chi connectivity index (χ3n) is 5.99. The van der Waals surface area contributed by atoms with Gasteiger partial charge in [0, 0.05) is 11.8 Å². The fourth-order valence-electron chi connectivity index (χ4n) is 4.02. The zero-order chi connectivity index (χ0) is 23.5. The smallest absolute Gasteiger partial charge is 0.274 e. The van der Waals surface area contributed by atoms with Crippen LogP contribution in [-0.2, 0) is 4.74 Å². The zero-order valence-corrected chi connectivity index (χ0v) is 21.4. The number of ether oxygens (including phenoxy) is 1. The largest absolute Gasteiger partial charge is 0.468 e. The molecule has 0 amide bonds. The van der Waals surface area contributed by atoms with E-state index >= 15 is 0 Å². The number of hydrogen-bond acceptors (Lipinski definition) is 4. The van der Waals surface area contributed by atoms with Crippen LogP contribution in [0, 0.1) is 18.7 Å². The number of benzene rings is 1. The molecule has 1 aliphatic heterocycles. The fraction of sp³-hybridized carbons (Fsp3) is 0.593. The number of hydrazone groups is 1. The molecule has 0 aliphatic carbocycles. The Morgan fingerprint density at radius 2 is 1.91 bits per heavy atom. The number of allylic oxidation sites excluding steroid dienone is 1. The van der Waals surface area contributed by atoms with Gasteiger partial charge in [0.25, 0.3) is 5.23 Å². The van der Waals surface area contributed by atoms with Gasteiger partial charge in [-0.15, -0.1) is 5.10 Å². The minimum atomic E-state index is -0.187. The van der Waals surface area contributed by atoms with E-state index in [2.05, 4.69) is 39.4 Å². The number of thioether (sulfide) groups is 1. The molecule has 0 radical (unpaired) electrons. The number of aryl methyl sites for hydroxylation is 1. The van der Waals surface area contributed by atoms with E-state index in [1.165, 1.54) is 43.9 Å². The molecular weight excluding hydrogens is 419 g/mol. The van der Waals surface area contributed by atoms with Gasteiger partial charge in [-0.05, 0) is 74.4 Å². The summed E-state index contributed by atoms with van der Waals surface area (Å²) in [5.41, 5.74) is 2.50. The van der Waals surface area contributed by atoms with Gasteiger partial charge in [0.1, 0.15) is 11.9 Å². The van der Waals surface area contributed by atoms with Crippen molar-refractivity contribution in [3.05, 3.63) is 53.0 Å². The molecule has 3 nitrogen and oxygen atoms in total. The van der Waals surface area contributed by atoms with Crippen molar-refractivity contribution in [3.8, 4) is 0 Å². The van der Waals surface area contributed by atoms with Gasteiger partial charge in [0.05, 0.1) is 5.03 Å². The first-order valence-corrected chi connectivity index (χ1v) is 13.1. The minimum Gasteiger partial charge on any atom is -0.468 e. The average molecular weight is 461 g/mol. The first-order chi connectivity index (χ1) is 15.4. The molecule has 178 valence electrons. The van der Waals surface area contributed by atoms with Crippen molar-refractivity contribution < 1.29 is 9.13 Å². The van der Waals surface area contributed by atoms with Gasteiger partial charge in [0.2, 0.25) is 0 Å². The van der Waals surface area contributed by atoms with Crippen LogP contribution < -0.4 is 0 Å². The topological polar surface area (TPSA) is 24.8 Å². The average Bonchev–Trinajstić information content (AvgIpc) is 3.09. The van der Waals surface area contributed by atoms with Crippen molar-refractivity contribution in [1.82, 2.24) is 5.01 Å². The highest BCUT2D eigenvalue weighted by atomic mass is 32.2. The molecule has 2 atom stereocenters. The van der Waals surface area contributed by atoms with Crippen LogP contribution in [-0.4, -0.2) is 16.3 Å². The summed E-state index contributed by atoms with van der Waals surface area (Å²) in [5, 5.41) is 7.83. The summed E-state index contributed by atoms with van der Waals surface area (Å²) < 4.78 is 21.0. The molecule has 0 aromatic heterocycles. The van der Waals surface area contributed by atoms with Crippen molar-refractivity contribution in [2.45, 2.75) is 98.5 Å². The lowest BCUT2D eigenvalue weighted by Crippen LogP contribution is -2.22. The number of halogens is 1. The highest BCUT2D eigenvalue weighted by Crippen LogP contribution is 2.34. The van der Waals surface area contributed by atoms with Crippen molar-refractivity contribution >= 4 is 22.6 Å². The molecular formula is C27H41FN2OS. The standard InChI is InChI=1S/C27H41FN2OS/c1-7-10-12-15-23(13-9-3)21(5)31-27-29-30(22(6)32-27)19-24(14-11-8-2)25-17-16-20(4)18-26(25)28/h16-19,21,23H,6-15H2,1-5H3/b24-19+. The highest BCUT2D eigenvalue weighted by molar-refractivity contribution is 8.17. The van der Waals surface area contributed by atoms with Crippen molar-refractivity contribution in [2.75, 3.05) is 0 Å². The van der Waals surface area contributed by atoms with Crippen LogP contribution >= 0.6 is 11.8 Å². The molecule has 1 aliphatic rings. The summed E-state index contributed by atoms with van der Waals surface area (Å²) in [5.74, 6) is 0.350. The van der Waals surface area contributed by atoms with Crippen molar-refractivity contribution in [3.63, 3.8) is 0 Å². The highest BCUT2D eigenvalue weighted by Gasteiger charge is 2.25. The van der Waals surface area contributed by atoms with Crippen molar-refractivity contribution in [1.29, 1.82) is 0 Å². The molecule has 1 aromatic rings. The van der Waals surface area contributed by atoms with E-state index < -0.39 is 0 Å². The molecule has 0 saturated carbocycles. The van der Waals surface area contributed by atoms with Gasteiger partial charge >= 0.3 is 0 Å². The molecule has 2 rings (SSSR count). The Hall–Kier alpha value is -1.75. The molecule has 0 saturated heterocycles. The Bertz CT molecular complexity index is 805. The lowest BCUT2D eigenvalue weighted by atomic mass is 9.92. The van der Waals surface area contributed by atoms with E-state index in [0.29, 0.717) is 16.7 Å². The molecule has 1 aromatic carbocycles. The molecule has 0 fully saturated rings. The summed E-state index contributed by atoms with van der Waals surface area (Å²) in [6, 6.07) is 5.42. The van der Waals surface area contributed by atoms with Crippen LogP contribution in [0.25, 0.3) is 5.57 Å². The van der Waals surface area contributed by atoms with E-state index in [0.717, 1.165) is 41.8 Å². The fourth-order valence-corrected chi connectivity index (χ4v) is 4.74. The predicted molar refractivity (Wildman–Crippen MR) is 138 cm³/mol. The Balaban J connectivity index is 2.16. The van der Waals surface area contributed by atoms with Crippen LogP contribution in [0.1, 0.15) is 96.6 Å². The van der Waals surface area contributed by atoms with Gasteiger partial charge in [-0.2, -0.15) is 0 Å². The summed E-state index contributed by atoms with van der Waals surface area (Å²) in [6.07, 6.45) is 12.2. The molecule has 0 bridgehead atoms. The third kappa shape index (κ3) is 7.99. The van der Waals surface area contributed by atoms with Gasteiger partial charge in [-0.25, -0.2) is 9.40 Å². The quantitative estimate of drug-likeness (QED) is 0.275. The van der Waals surface area contributed by atoms with Crippen molar-refractivity contribution in [2.24, 2.45) is 11.0 Å². The lowest BCUT2D eigenvalue weighted by Gasteiger charge is -2.24. The number of hydrogen-bond donors (Lipinski definition) is 0. The van der Waals surface area contributed by atoms with E-state index in [1.807, 2.05) is 25.3 Å². The molecule has 1 heterocycles. The first-order valence-electron chi connectivity index (χ1n) is 12.3. The SMILES string of the molecule is C=C1SC(OC(C)C(CCC)CCCCC)=NN1/C=C(\CCCC)c1ccc(C)cc1F. The van der Waals surface area contributed by atoms with Crippen LogP contribution in [0.3, 0.4) is 0 Å². The minimum absolute atomic E-state index is 0.115. The zero-order valence-electron chi connectivity index (χ0n) is 20.6. The Morgan fingerprint density at radius 3 is 2.56 bits per heavy atom. The monoisotopic (exact) mass is 460 g/mol. The summed E-state index contributed by atoms with van der Waals surface area (Å²) in [6.45, 7) is 14.8. The molecule has 0 spiro atoms. The first kappa shape index (κ1) is 26.5. The number of nitrogens with zero attached hydrogens (tertiary/aromatic N) is 2. The molecule has 32 heavy (non-hydrogen) atoms. The maximum atomic E-state index is 14.7. The van der Waals surface area contributed by atoms with E-state index in [4.69, 9.17) is 4.74 Å². The second-order valence-corrected chi connectivity index (χ2v) is 9.84. The molecule has 0 N–H and O–H groups in total. The number of unbranched alkanes of at least 4 members (excludes halogenated alkanes) is 3. The van der Waals surface area contributed by atoms with E-state index in [1.54, 1.807) is 11.1 Å². The lowest BCUT2D eigenvalue weighted by molar-refractivity contribution is 0.128. The van der Waals surface area contributed by atoms with Crippen LogP contribution in [0.2, 0.25) is 0 Å². The second-order valence-electron chi connectivity index (χ2n) is 8.81. The van der Waals surface area contributed by atoms with Gasteiger partial charge in [0.15, 0.2) is 0 Å². The summed E-state index contributed by atoms with van der Waals surface area (Å²) in [7, 11) is 0. The van der Waals surface area contributed by atoms with Crippen LogP contribution in [0.15, 0.2) is 41.1 Å². The van der Waals surface area contributed by atoms with E-state index in [9.17, 15) is 4.39 Å². The summed E-state index contributed by atoms with van der Waals surface area (Å²) >= 11 is 1.45. The van der Waals surface area contributed by atoms with Gasteiger partial charge in [-0.1, -0.05) is 71.6 Å².